The van der Waals surface area contributed by atoms with Crippen LogP contribution in [0.1, 0.15) is 46.0 Å². The Hall–Kier alpha value is -1.52. The van der Waals surface area contributed by atoms with Gasteiger partial charge >= 0.3 is 0 Å². The van der Waals surface area contributed by atoms with Crippen molar-refractivity contribution in [3.63, 3.8) is 0 Å². The number of hydrogen-bond acceptors (Lipinski definition) is 5. The second-order valence-corrected chi connectivity index (χ2v) is 5.29. The van der Waals surface area contributed by atoms with Crippen molar-refractivity contribution in [3.05, 3.63) is 6.33 Å². The van der Waals surface area contributed by atoms with Gasteiger partial charge in [-0.1, -0.05) is 19.8 Å². The Morgan fingerprint density at radius 2 is 2.05 bits per heavy atom. The van der Waals surface area contributed by atoms with Gasteiger partial charge in [0.15, 0.2) is 5.82 Å². The molecule has 0 aromatic carbocycles. The predicted octanol–water partition coefficient (Wildman–Crippen LogP) is 2.84. The lowest BCUT2D eigenvalue weighted by Gasteiger charge is -2.28. The normalized spacial score (nSPS) is 17.4. The van der Waals surface area contributed by atoms with Crippen molar-refractivity contribution < 1.29 is 4.74 Å². The molecule has 2 rings (SSSR count). The molecule has 3 N–H and O–H groups in total. The maximum atomic E-state index is 6.03. The molecule has 106 valence electrons. The van der Waals surface area contributed by atoms with Gasteiger partial charge in [-0.2, -0.15) is 4.98 Å². The van der Waals surface area contributed by atoms with E-state index in [2.05, 4.69) is 22.2 Å². The second-order valence-electron chi connectivity index (χ2n) is 5.29. The van der Waals surface area contributed by atoms with Crippen LogP contribution in [0.4, 0.5) is 11.5 Å². The summed E-state index contributed by atoms with van der Waals surface area (Å²) < 4.78 is 5.38. The highest BCUT2D eigenvalue weighted by Gasteiger charge is 2.31. The minimum atomic E-state index is 0.406. The minimum Gasteiger partial charge on any atom is -0.476 e. The van der Waals surface area contributed by atoms with E-state index in [1.54, 1.807) is 0 Å². The Morgan fingerprint density at radius 3 is 2.68 bits per heavy atom. The van der Waals surface area contributed by atoms with Gasteiger partial charge in [-0.25, -0.2) is 4.98 Å². The van der Waals surface area contributed by atoms with Gasteiger partial charge in [0.1, 0.15) is 12.0 Å². The summed E-state index contributed by atoms with van der Waals surface area (Å²) in [6.07, 6.45) is 7.94. The van der Waals surface area contributed by atoms with E-state index >= 15 is 0 Å². The van der Waals surface area contributed by atoms with Crippen LogP contribution in [0.3, 0.4) is 0 Å². The molecule has 0 atom stereocenters. The van der Waals surface area contributed by atoms with E-state index in [9.17, 15) is 0 Å². The van der Waals surface area contributed by atoms with Gasteiger partial charge in [0.05, 0.1) is 6.61 Å². The monoisotopic (exact) mass is 264 g/mol. The number of aromatic nitrogens is 2. The molecule has 1 heterocycles. The van der Waals surface area contributed by atoms with E-state index in [0.29, 0.717) is 29.4 Å². The van der Waals surface area contributed by atoms with E-state index in [1.165, 1.54) is 38.4 Å². The molecule has 0 radical (unpaired) electrons. The minimum absolute atomic E-state index is 0.406. The summed E-state index contributed by atoms with van der Waals surface area (Å²) in [4.78, 5) is 8.27. The van der Waals surface area contributed by atoms with Gasteiger partial charge in [0.25, 0.3) is 0 Å². The van der Waals surface area contributed by atoms with Crippen LogP contribution in [-0.2, 0) is 0 Å². The Morgan fingerprint density at radius 1 is 1.32 bits per heavy atom. The van der Waals surface area contributed by atoms with Crippen molar-refractivity contribution >= 4 is 11.5 Å². The molecular weight excluding hydrogens is 240 g/mol. The summed E-state index contributed by atoms with van der Waals surface area (Å²) in [6.45, 7) is 5.66. The number of rotatable bonds is 6. The molecule has 1 aromatic heterocycles. The van der Waals surface area contributed by atoms with E-state index in [0.717, 1.165) is 6.54 Å². The molecule has 5 nitrogen and oxygen atoms in total. The molecule has 1 saturated carbocycles. The lowest BCUT2D eigenvalue weighted by molar-refractivity contribution is 0.306. The fraction of sp³-hybridized carbons (Fsp3) is 0.714. The summed E-state index contributed by atoms with van der Waals surface area (Å²) in [5.41, 5.74) is 6.94. The van der Waals surface area contributed by atoms with Gasteiger partial charge in [-0.05, 0) is 31.6 Å². The number of ether oxygens (including phenoxy) is 1. The first-order valence-electron chi connectivity index (χ1n) is 7.18. The molecule has 5 heteroatoms. The highest BCUT2D eigenvalue weighted by atomic mass is 16.5. The van der Waals surface area contributed by atoms with Crippen LogP contribution in [0.2, 0.25) is 0 Å². The standard InChI is InChI=1S/C14H24N4O/c1-3-14(7-5-6-8-14)9-16-12-11(15)13(19-4-2)18-10-17-12/h10H,3-9,15H2,1-2H3,(H,16,17,18). The zero-order chi connectivity index (χ0) is 13.7. The van der Waals surface area contributed by atoms with Gasteiger partial charge in [0, 0.05) is 6.54 Å². The quantitative estimate of drug-likeness (QED) is 0.826. The molecule has 1 aliphatic carbocycles. The molecule has 0 spiro atoms. The third-order valence-corrected chi connectivity index (χ3v) is 4.17. The number of nitrogens with two attached hydrogens (primary N) is 1. The molecule has 0 amide bonds. The van der Waals surface area contributed by atoms with Crippen LogP contribution in [-0.4, -0.2) is 23.1 Å². The van der Waals surface area contributed by atoms with Crippen LogP contribution in [0.5, 0.6) is 5.88 Å². The van der Waals surface area contributed by atoms with Crippen LogP contribution >= 0.6 is 0 Å². The van der Waals surface area contributed by atoms with Crippen LogP contribution in [0, 0.1) is 5.41 Å². The third kappa shape index (κ3) is 3.08. The highest BCUT2D eigenvalue weighted by Crippen LogP contribution is 2.41. The van der Waals surface area contributed by atoms with Crippen molar-refractivity contribution in [2.45, 2.75) is 46.0 Å². The van der Waals surface area contributed by atoms with E-state index in [1.807, 2.05) is 6.92 Å². The lowest BCUT2D eigenvalue weighted by atomic mass is 9.83. The molecule has 0 bridgehead atoms. The third-order valence-electron chi connectivity index (χ3n) is 4.17. The summed E-state index contributed by atoms with van der Waals surface area (Å²) in [5.74, 6) is 1.16. The molecule has 0 saturated heterocycles. The molecule has 1 aliphatic rings. The summed E-state index contributed by atoms with van der Waals surface area (Å²) in [5, 5.41) is 3.39. The van der Waals surface area contributed by atoms with Crippen LogP contribution < -0.4 is 15.8 Å². The lowest BCUT2D eigenvalue weighted by Crippen LogP contribution is -2.26. The number of nitrogens with one attached hydrogen (secondary N) is 1. The number of nitrogens with zero attached hydrogens (tertiary/aromatic N) is 2. The SMILES string of the molecule is CCOc1ncnc(NCC2(CC)CCCC2)c1N. The van der Waals surface area contributed by atoms with E-state index in [-0.39, 0.29) is 0 Å². The molecule has 19 heavy (non-hydrogen) atoms. The highest BCUT2D eigenvalue weighted by molar-refractivity contribution is 5.66. The first-order valence-corrected chi connectivity index (χ1v) is 7.18. The van der Waals surface area contributed by atoms with Gasteiger partial charge in [-0.3, -0.25) is 0 Å². The fourth-order valence-electron chi connectivity index (χ4n) is 2.82. The van der Waals surface area contributed by atoms with Crippen LogP contribution in [0.25, 0.3) is 0 Å². The van der Waals surface area contributed by atoms with Gasteiger partial charge in [-0.15, -0.1) is 0 Å². The van der Waals surface area contributed by atoms with Crippen molar-refractivity contribution in [1.82, 2.24) is 9.97 Å². The maximum absolute atomic E-state index is 6.03. The van der Waals surface area contributed by atoms with Crippen molar-refractivity contribution in [2.24, 2.45) is 5.41 Å². The predicted molar refractivity (Wildman–Crippen MR) is 77.3 cm³/mol. The molecule has 0 unspecified atom stereocenters. The first kappa shape index (κ1) is 13.9. The van der Waals surface area contributed by atoms with E-state index < -0.39 is 0 Å². The second kappa shape index (κ2) is 6.08. The first-order chi connectivity index (χ1) is 9.21. The largest absolute Gasteiger partial charge is 0.476 e. The average Bonchev–Trinajstić information content (AvgIpc) is 2.89. The smallest absolute Gasteiger partial charge is 0.242 e. The topological polar surface area (TPSA) is 73.1 Å². The zero-order valence-electron chi connectivity index (χ0n) is 11.9. The summed E-state index contributed by atoms with van der Waals surface area (Å²) >= 11 is 0. The zero-order valence-corrected chi connectivity index (χ0v) is 11.9. The average molecular weight is 264 g/mol. The molecule has 1 aromatic rings. The molecule has 1 fully saturated rings. The van der Waals surface area contributed by atoms with E-state index in [4.69, 9.17) is 10.5 Å². The number of hydrogen-bond donors (Lipinski definition) is 2. The summed E-state index contributed by atoms with van der Waals surface area (Å²) in [6, 6.07) is 0. The van der Waals surface area contributed by atoms with Gasteiger partial charge in [0.2, 0.25) is 5.88 Å². The maximum Gasteiger partial charge on any atom is 0.242 e. The fourth-order valence-corrected chi connectivity index (χ4v) is 2.82. The Balaban J connectivity index is 2.04. The Kier molecular flexibility index (Phi) is 4.45. The Bertz CT molecular complexity index is 416. The molecular formula is C14H24N4O. The Labute approximate surface area is 115 Å². The van der Waals surface area contributed by atoms with Gasteiger partial charge < -0.3 is 15.8 Å². The molecule has 0 aliphatic heterocycles. The summed E-state index contributed by atoms with van der Waals surface area (Å²) in [7, 11) is 0. The number of anilines is 2. The number of nitrogen functional groups attached to an aromatic ring is 1. The van der Waals surface area contributed by atoms with Crippen molar-refractivity contribution in [2.75, 3.05) is 24.2 Å². The van der Waals surface area contributed by atoms with Crippen molar-refractivity contribution in [3.8, 4) is 5.88 Å². The van der Waals surface area contributed by atoms with Crippen molar-refractivity contribution in [1.29, 1.82) is 0 Å². The van der Waals surface area contributed by atoms with Crippen LogP contribution in [0.15, 0.2) is 6.33 Å².